The molecule has 4 rings (SSSR count). The Hall–Kier alpha value is -2.63. The van der Waals surface area contributed by atoms with Crippen LogP contribution in [0.2, 0.25) is 0 Å². The maximum atomic E-state index is 5.56. The molecule has 1 aromatic carbocycles. The highest BCUT2D eigenvalue weighted by Gasteiger charge is 2.15. The van der Waals surface area contributed by atoms with Crippen LogP contribution in [0.15, 0.2) is 30.6 Å². The van der Waals surface area contributed by atoms with Crippen LogP contribution in [0.1, 0.15) is 17.0 Å². The fourth-order valence-electron chi connectivity index (χ4n) is 2.88. The van der Waals surface area contributed by atoms with Crippen molar-refractivity contribution in [2.75, 3.05) is 18.6 Å². The first-order chi connectivity index (χ1) is 10.7. The topological polar surface area (TPSA) is 55.5 Å². The standard InChI is InChI=1S/C16H17N5O/c1-11-18-19-16-15(17-6-7-21(11)16)20(2)10-12-3-4-14-13(9-12)5-8-22-14/h3-4,6-7,9H,5,8,10H2,1-2H3. The Kier molecular flexibility index (Phi) is 2.96. The summed E-state index contributed by atoms with van der Waals surface area (Å²) in [5.74, 6) is 2.71. The van der Waals surface area contributed by atoms with Crippen molar-refractivity contribution in [3.63, 3.8) is 0 Å². The molecule has 3 aromatic rings. The lowest BCUT2D eigenvalue weighted by molar-refractivity contribution is 0.357. The summed E-state index contributed by atoms with van der Waals surface area (Å²) in [6, 6.07) is 6.38. The van der Waals surface area contributed by atoms with Gasteiger partial charge in [0.1, 0.15) is 11.6 Å². The Balaban J connectivity index is 1.65. The van der Waals surface area contributed by atoms with E-state index in [-0.39, 0.29) is 0 Å². The lowest BCUT2D eigenvalue weighted by atomic mass is 10.1. The molecule has 0 spiro atoms. The molecule has 0 unspecified atom stereocenters. The monoisotopic (exact) mass is 295 g/mol. The molecule has 0 N–H and O–H groups in total. The molecule has 0 bridgehead atoms. The zero-order valence-electron chi connectivity index (χ0n) is 12.7. The molecule has 1 aliphatic rings. The van der Waals surface area contributed by atoms with E-state index in [0.29, 0.717) is 0 Å². The molecule has 0 amide bonds. The summed E-state index contributed by atoms with van der Waals surface area (Å²) < 4.78 is 7.51. The van der Waals surface area contributed by atoms with E-state index in [9.17, 15) is 0 Å². The Labute approximate surface area is 128 Å². The molecule has 0 atom stereocenters. The maximum Gasteiger partial charge on any atom is 0.203 e. The summed E-state index contributed by atoms with van der Waals surface area (Å²) in [4.78, 5) is 6.56. The molecule has 0 fully saturated rings. The van der Waals surface area contributed by atoms with E-state index in [2.05, 4.69) is 38.3 Å². The molecular formula is C16H17N5O. The lowest BCUT2D eigenvalue weighted by Gasteiger charge is -2.18. The van der Waals surface area contributed by atoms with E-state index in [1.165, 1.54) is 11.1 Å². The molecule has 0 aliphatic carbocycles. The first-order valence-corrected chi connectivity index (χ1v) is 7.34. The summed E-state index contributed by atoms with van der Waals surface area (Å²) in [5, 5.41) is 8.35. The van der Waals surface area contributed by atoms with Gasteiger partial charge in [-0.1, -0.05) is 12.1 Å². The van der Waals surface area contributed by atoms with Gasteiger partial charge in [-0.05, 0) is 24.1 Å². The molecule has 112 valence electrons. The van der Waals surface area contributed by atoms with Crippen LogP contribution in [-0.4, -0.2) is 33.2 Å². The largest absolute Gasteiger partial charge is 0.493 e. The number of fused-ring (bicyclic) bond motifs is 2. The third-order valence-corrected chi connectivity index (χ3v) is 4.01. The minimum Gasteiger partial charge on any atom is -0.493 e. The van der Waals surface area contributed by atoms with Crippen molar-refractivity contribution in [3.8, 4) is 5.75 Å². The number of anilines is 1. The summed E-state index contributed by atoms with van der Waals surface area (Å²) >= 11 is 0. The van der Waals surface area contributed by atoms with Gasteiger partial charge in [0, 0.05) is 32.4 Å². The number of ether oxygens (including phenoxy) is 1. The van der Waals surface area contributed by atoms with Crippen LogP contribution in [0.4, 0.5) is 5.82 Å². The zero-order chi connectivity index (χ0) is 15.1. The van der Waals surface area contributed by atoms with Gasteiger partial charge in [-0.25, -0.2) is 4.98 Å². The fourth-order valence-corrected chi connectivity index (χ4v) is 2.88. The second kappa shape index (κ2) is 4.98. The third kappa shape index (κ3) is 2.07. The van der Waals surface area contributed by atoms with Crippen molar-refractivity contribution in [2.24, 2.45) is 0 Å². The van der Waals surface area contributed by atoms with E-state index in [1.807, 2.05) is 24.6 Å². The molecule has 0 radical (unpaired) electrons. The molecular weight excluding hydrogens is 278 g/mol. The maximum absolute atomic E-state index is 5.56. The van der Waals surface area contributed by atoms with Gasteiger partial charge in [0.2, 0.25) is 5.65 Å². The van der Waals surface area contributed by atoms with E-state index in [1.54, 1.807) is 6.20 Å². The predicted octanol–water partition coefficient (Wildman–Crippen LogP) is 2.00. The van der Waals surface area contributed by atoms with Gasteiger partial charge in [0.25, 0.3) is 0 Å². The van der Waals surface area contributed by atoms with E-state index in [4.69, 9.17) is 4.74 Å². The minimum absolute atomic E-state index is 0.770. The van der Waals surface area contributed by atoms with Gasteiger partial charge in [0.15, 0.2) is 5.82 Å². The van der Waals surface area contributed by atoms with Crippen molar-refractivity contribution < 1.29 is 4.74 Å². The SMILES string of the molecule is Cc1nnc2c(N(C)Cc3ccc4c(c3)CCO4)nccn12. The van der Waals surface area contributed by atoms with Gasteiger partial charge in [-0.15, -0.1) is 10.2 Å². The van der Waals surface area contributed by atoms with Crippen molar-refractivity contribution in [3.05, 3.63) is 47.5 Å². The molecule has 0 saturated carbocycles. The van der Waals surface area contributed by atoms with Crippen LogP contribution < -0.4 is 9.64 Å². The number of rotatable bonds is 3. The van der Waals surface area contributed by atoms with Gasteiger partial charge in [0.05, 0.1) is 6.61 Å². The van der Waals surface area contributed by atoms with Crippen molar-refractivity contribution in [1.29, 1.82) is 0 Å². The smallest absolute Gasteiger partial charge is 0.203 e. The van der Waals surface area contributed by atoms with Gasteiger partial charge >= 0.3 is 0 Å². The average Bonchev–Trinajstić information content (AvgIpc) is 3.13. The quantitative estimate of drug-likeness (QED) is 0.740. The normalized spacial score (nSPS) is 13.2. The number of hydrogen-bond acceptors (Lipinski definition) is 5. The second-order valence-electron chi connectivity index (χ2n) is 5.59. The van der Waals surface area contributed by atoms with E-state index in [0.717, 1.165) is 42.6 Å². The predicted molar refractivity (Wildman–Crippen MR) is 83.3 cm³/mol. The molecule has 1 aliphatic heterocycles. The summed E-state index contributed by atoms with van der Waals surface area (Å²) in [5.41, 5.74) is 3.31. The summed E-state index contributed by atoms with van der Waals surface area (Å²) in [7, 11) is 2.02. The van der Waals surface area contributed by atoms with E-state index < -0.39 is 0 Å². The van der Waals surface area contributed by atoms with Crippen LogP contribution in [0, 0.1) is 6.92 Å². The first-order valence-electron chi connectivity index (χ1n) is 7.34. The van der Waals surface area contributed by atoms with Crippen LogP contribution in [-0.2, 0) is 13.0 Å². The number of nitrogens with zero attached hydrogens (tertiary/aromatic N) is 5. The Morgan fingerprint density at radius 1 is 1.32 bits per heavy atom. The first kappa shape index (κ1) is 13.1. The number of aromatic nitrogens is 4. The molecule has 2 aromatic heterocycles. The van der Waals surface area contributed by atoms with Crippen LogP contribution in [0.25, 0.3) is 5.65 Å². The van der Waals surface area contributed by atoms with Gasteiger partial charge < -0.3 is 9.64 Å². The van der Waals surface area contributed by atoms with Crippen LogP contribution >= 0.6 is 0 Å². The summed E-state index contributed by atoms with van der Waals surface area (Å²) in [6.45, 7) is 3.49. The van der Waals surface area contributed by atoms with Crippen LogP contribution in [0.3, 0.4) is 0 Å². The number of aryl methyl sites for hydroxylation is 1. The highest BCUT2D eigenvalue weighted by atomic mass is 16.5. The van der Waals surface area contributed by atoms with Crippen molar-refractivity contribution >= 4 is 11.5 Å². The van der Waals surface area contributed by atoms with Crippen LogP contribution in [0.5, 0.6) is 5.75 Å². The second-order valence-corrected chi connectivity index (χ2v) is 5.59. The van der Waals surface area contributed by atoms with E-state index >= 15 is 0 Å². The van der Waals surface area contributed by atoms with Gasteiger partial charge in [-0.3, -0.25) is 4.40 Å². The Morgan fingerprint density at radius 3 is 3.14 bits per heavy atom. The molecule has 22 heavy (non-hydrogen) atoms. The minimum atomic E-state index is 0.770. The van der Waals surface area contributed by atoms with Gasteiger partial charge in [-0.2, -0.15) is 0 Å². The Bertz CT molecular complexity index is 842. The highest BCUT2D eigenvalue weighted by Crippen LogP contribution is 2.27. The third-order valence-electron chi connectivity index (χ3n) is 4.01. The highest BCUT2D eigenvalue weighted by molar-refractivity contribution is 5.63. The Morgan fingerprint density at radius 2 is 2.23 bits per heavy atom. The molecule has 0 saturated heterocycles. The average molecular weight is 295 g/mol. The number of hydrogen-bond donors (Lipinski definition) is 0. The summed E-state index contributed by atoms with van der Waals surface area (Å²) in [6.07, 6.45) is 4.66. The lowest BCUT2D eigenvalue weighted by Crippen LogP contribution is -2.18. The number of benzene rings is 1. The zero-order valence-corrected chi connectivity index (χ0v) is 12.7. The molecule has 6 nitrogen and oxygen atoms in total. The van der Waals surface area contributed by atoms with Crippen molar-refractivity contribution in [2.45, 2.75) is 19.9 Å². The fraction of sp³-hybridized carbons (Fsp3) is 0.312. The molecule has 3 heterocycles. The van der Waals surface area contributed by atoms with Crippen molar-refractivity contribution in [1.82, 2.24) is 19.6 Å². The molecule has 6 heteroatoms.